The first-order chi connectivity index (χ1) is 14.0. The van der Waals surface area contributed by atoms with Gasteiger partial charge in [-0.1, -0.05) is 67.6 Å². The topological polar surface area (TPSA) is 64.3 Å². The normalized spacial score (nSPS) is 18.9. The molecule has 4 heteroatoms. The number of carboxylic acid groups (broad SMARTS) is 1. The number of nitriles is 1. The van der Waals surface area contributed by atoms with Gasteiger partial charge in [0.2, 0.25) is 0 Å². The maximum atomic E-state index is 12.0. The molecule has 1 aliphatic rings. The second kappa shape index (κ2) is 7.44. The van der Waals surface area contributed by atoms with E-state index in [-0.39, 0.29) is 0 Å². The van der Waals surface area contributed by atoms with Crippen LogP contribution in [0.4, 0.5) is 0 Å². The Bertz CT molecular complexity index is 1160. The molecule has 3 aromatic carbocycles. The number of nitrogens with zero attached hydrogens (tertiary/aromatic N) is 2. The second-order valence-electron chi connectivity index (χ2n) is 7.38. The summed E-state index contributed by atoms with van der Waals surface area (Å²) in [5, 5.41) is 21.9. The quantitative estimate of drug-likeness (QED) is 0.675. The lowest BCUT2D eigenvalue weighted by molar-refractivity contribution is -0.142. The maximum Gasteiger partial charge on any atom is 0.327 e. The van der Waals surface area contributed by atoms with Crippen LogP contribution < -0.4 is 0 Å². The summed E-state index contributed by atoms with van der Waals surface area (Å²) in [6.45, 7) is 1.95. The minimum atomic E-state index is -0.910. The summed E-state index contributed by atoms with van der Waals surface area (Å²) >= 11 is 0. The van der Waals surface area contributed by atoms with E-state index in [0.717, 1.165) is 22.4 Å². The lowest BCUT2D eigenvalue weighted by atomic mass is 9.86. The molecule has 2 atom stereocenters. The van der Waals surface area contributed by atoms with E-state index in [9.17, 15) is 15.2 Å². The molecule has 4 nitrogen and oxygen atoms in total. The number of likely N-dealkylation sites (N-methyl/N-ethyl adjacent to an activating group) is 1. The third-order valence-corrected chi connectivity index (χ3v) is 5.84. The summed E-state index contributed by atoms with van der Waals surface area (Å²) in [7, 11) is 1.76. The number of hydrogen-bond donors (Lipinski definition) is 1. The first-order valence-electron chi connectivity index (χ1n) is 9.73. The molecule has 0 bridgehead atoms. The molecule has 1 aliphatic heterocycles. The number of hydrogen-bond acceptors (Lipinski definition) is 3. The standard InChI is InChI=1S/C25H22N2O2/c1-3-22-21(15-26)23(24(25(28)29)27(22)2)18-11-8-17(9-12-18)20-13-10-16-6-4-5-7-19(16)14-20/h4-14,23-24H,3H2,1-2H3,(H,28,29). The van der Waals surface area contributed by atoms with E-state index in [1.807, 2.05) is 43.3 Å². The molecule has 2 unspecified atom stereocenters. The molecule has 0 amide bonds. The average Bonchev–Trinajstić information content (AvgIpc) is 3.05. The first kappa shape index (κ1) is 18.8. The van der Waals surface area contributed by atoms with Crippen molar-refractivity contribution in [3.63, 3.8) is 0 Å². The summed E-state index contributed by atoms with van der Waals surface area (Å²) in [5.41, 5.74) is 4.40. The van der Waals surface area contributed by atoms with Crippen LogP contribution in [0.25, 0.3) is 21.9 Å². The highest BCUT2D eigenvalue weighted by Gasteiger charge is 2.43. The summed E-state index contributed by atoms with van der Waals surface area (Å²) < 4.78 is 0. The van der Waals surface area contributed by atoms with Crippen LogP contribution in [-0.2, 0) is 4.79 Å². The largest absolute Gasteiger partial charge is 0.480 e. The molecule has 0 saturated heterocycles. The van der Waals surface area contributed by atoms with Crippen molar-refractivity contribution in [2.75, 3.05) is 7.05 Å². The van der Waals surface area contributed by atoms with Gasteiger partial charge in [0.25, 0.3) is 0 Å². The zero-order chi connectivity index (χ0) is 20.5. The summed E-state index contributed by atoms with van der Waals surface area (Å²) in [6, 6.07) is 24.0. The monoisotopic (exact) mass is 382 g/mol. The minimum absolute atomic E-state index is 0.455. The Kier molecular flexibility index (Phi) is 4.82. The number of allylic oxidation sites excluding steroid dienone is 1. The van der Waals surface area contributed by atoms with Crippen molar-refractivity contribution in [3.8, 4) is 17.2 Å². The third kappa shape index (κ3) is 3.15. The highest BCUT2D eigenvalue weighted by Crippen LogP contribution is 2.41. The molecule has 1 N–H and O–H groups in total. The highest BCUT2D eigenvalue weighted by atomic mass is 16.4. The van der Waals surface area contributed by atoms with Gasteiger partial charge in [-0.3, -0.25) is 0 Å². The van der Waals surface area contributed by atoms with Crippen molar-refractivity contribution in [2.45, 2.75) is 25.3 Å². The summed E-state index contributed by atoms with van der Waals surface area (Å²) in [6.07, 6.45) is 0.634. The van der Waals surface area contributed by atoms with Crippen LogP contribution in [0.15, 0.2) is 78.0 Å². The number of benzene rings is 3. The third-order valence-electron chi connectivity index (χ3n) is 5.84. The molecule has 1 heterocycles. The second-order valence-corrected chi connectivity index (χ2v) is 7.38. The minimum Gasteiger partial charge on any atom is -0.480 e. The van der Waals surface area contributed by atoms with Gasteiger partial charge in [0.15, 0.2) is 0 Å². The van der Waals surface area contributed by atoms with Crippen LogP contribution in [0.3, 0.4) is 0 Å². The van der Waals surface area contributed by atoms with Crippen LogP contribution in [-0.4, -0.2) is 29.1 Å². The SMILES string of the molecule is CCC1=C(C#N)C(c2ccc(-c3ccc4ccccc4c3)cc2)C(C(=O)O)N1C. The molecule has 0 saturated carbocycles. The number of carbonyl (C=O) groups is 1. The molecule has 0 radical (unpaired) electrons. The fourth-order valence-electron chi connectivity index (χ4n) is 4.40. The van der Waals surface area contributed by atoms with E-state index < -0.39 is 17.9 Å². The van der Waals surface area contributed by atoms with Gasteiger partial charge in [-0.25, -0.2) is 4.79 Å². The molecular weight excluding hydrogens is 360 g/mol. The van der Waals surface area contributed by atoms with Crippen molar-refractivity contribution in [1.29, 1.82) is 5.26 Å². The van der Waals surface area contributed by atoms with E-state index in [2.05, 4.69) is 36.4 Å². The van der Waals surface area contributed by atoms with Crippen LogP contribution in [0.1, 0.15) is 24.8 Å². The molecule has 144 valence electrons. The maximum absolute atomic E-state index is 12.0. The first-order valence-corrected chi connectivity index (χ1v) is 9.73. The van der Waals surface area contributed by atoms with Crippen molar-refractivity contribution in [3.05, 3.63) is 83.6 Å². The lowest BCUT2D eigenvalue weighted by Crippen LogP contribution is -2.37. The predicted octanol–water partition coefficient (Wildman–Crippen LogP) is 5.18. The Labute approximate surface area is 170 Å². The molecule has 29 heavy (non-hydrogen) atoms. The van der Waals surface area contributed by atoms with Crippen LogP contribution in [0, 0.1) is 11.3 Å². The molecule has 3 aromatic rings. The number of rotatable bonds is 4. The fraction of sp³-hybridized carbons (Fsp3) is 0.200. The van der Waals surface area contributed by atoms with Crippen LogP contribution in [0.5, 0.6) is 0 Å². The van der Waals surface area contributed by atoms with Crippen LogP contribution >= 0.6 is 0 Å². The van der Waals surface area contributed by atoms with Crippen molar-refractivity contribution in [2.24, 2.45) is 0 Å². The van der Waals surface area contributed by atoms with Gasteiger partial charge in [0, 0.05) is 12.7 Å². The number of fused-ring (bicyclic) bond motifs is 1. The molecule has 0 spiro atoms. The lowest BCUT2D eigenvalue weighted by Gasteiger charge is -2.25. The Morgan fingerprint density at radius 3 is 2.31 bits per heavy atom. The predicted molar refractivity (Wildman–Crippen MR) is 114 cm³/mol. The smallest absolute Gasteiger partial charge is 0.327 e. The van der Waals surface area contributed by atoms with Gasteiger partial charge in [0.05, 0.1) is 17.6 Å². The Morgan fingerprint density at radius 1 is 1.03 bits per heavy atom. The van der Waals surface area contributed by atoms with Crippen molar-refractivity contribution < 1.29 is 9.90 Å². The summed E-state index contributed by atoms with van der Waals surface area (Å²) in [5.74, 6) is -1.37. The van der Waals surface area contributed by atoms with Crippen LogP contribution in [0.2, 0.25) is 0 Å². The summed E-state index contributed by atoms with van der Waals surface area (Å²) in [4.78, 5) is 13.7. The Balaban J connectivity index is 1.73. The van der Waals surface area contributed by atoms with Crippen molar-refractivity contribution >= 4 is 16.7 Å². The van der Waals surface area contributed by atoms with E-state index in [4.69, 9.17) is 0 Å². The molecule has 0 aliphatic carbocycles. The Hall–Kier alpha value is -3.58. The molecule has 4 rings (SSSR count). The zero-order valence-corrected chi connectivity index (χ0v) is 16.5. The van der Waals surface area contributed by atoms with E-state index in [1.54, 1.807) is 11.9 Å². The van der Waals surface area contributed by atoms with E-state index >= 15 is 0 Å². The van der Waals surface area contributed by atoms with E-state index in [1.165, 1.54) is 10.8 Å². The van der Waals surface area contributed by atoms with Gasteiger partial charge >= 0.3 is 5.97 Å². The van der Waals surface area contributed by atoms with Gasteiger partial charge in [-0.05, 0) is 39.9 Å². The zero-order valence-electron chi connectivity index (χ0n) is 16.5. The average molecular weight is 382 g/mol. The molecule has 0 fully saturated rings. The van der Waals surface area contributed by atoms with Gasteiger partial charge in [0.1, 0.15) is 6.04 Å². The fourth-order valence-corrected chi connectivity index (χ4v) is 4.40. The molecule has 0 aromatic heterocycles. The Morgan fingerprint density at radius 2 is 1.69 bits per heavy atom. The number of carboxylic acids is 1. The van der Waals surface area contributed by atoms with Gasteiger partial charge in [-0.2, -0.15) is 5.26 Å². The highest BCUT2D eigenvalue weighted by molar-refractivity contribution is 5.87. The van der Waals surface area contributed by atoms with Crippen molar-refractivity contribution in [1.82, 2.24) is 4.90 Å². The van der Waals surface area contributed by atoms with Gasteiger partial charge in [-0.15, -0.1) is 0 Å². The molecular formula is C25H22N2O2. The van der Waals surface area contributed by atoms with Gasteiger partial charge < -0.3 is 10.0 Å². The van der Waals surface area contributed by atoms with E-state index in [0.29, 0.717) is 12.0 Å². The number of aliphatic carboxylic acids is 1.